The maximum atomic E-state index is 12.9. The Balaban J connectivity index is 1.33. The third kappa shape index (κ3) is 2.46. The number of imide groups is 1. The minimum Gasteiger partial charge on any atom is -0.324 e. The number of halogens is 2. The van der Waals surface area contributed by atoms with Gasteiger partial charge in [-0.3, -0.25) is 19.3 Å². The molecule has 5 nitrogen and oxygen atoms in total. The molecule has 6 rings (SSSR count). The number of carbonyl (C=O) groups excluding carboxylic acids is 3. The molecule has 0 spiro atoms. The molecule has 0 unspecified atom stereocenters. The van der Waals surface area contributed by atoms with Crippen molar-refractivity contribution >= 4 is 50.9 Å². The first kappa shape index (κ1) is 17.4. The van der Waals surface area contributed by atoms with Crippen molar-refractivity contribution in [1.29, 1.82) is 0 Å². The predicted octanol–water partition coefficient (Wildman–Crippen LogP) is 3.40. The second kappa shape index (κ2) is 5.92. The van der Waals surface area contributed by atoms with Crippen LogP contribution in [0.4, 0.5) is 5.69 Å². The number of benzene rings is 1. The van der Waals surface area contributed by atoms with E-state index in [4.69, 9.17) is 11.6 Å². The van der Waals surface area contributed by atoms with Crippen LogP contribution in [-0.2, 0) is 14.4 Å². The number of carbonyl (C=O) groups is 3. The third-order valence-corrected chi connectivity index (χ3v) is 8.05. The molecule has 1 heterocycles. The van der Waals surface area contributed by atoms with E-state index in [1.54, 1.807) is 19.1 Å². The van der Waals surface area contributed by atoms with Crippen molar-refractivity contribution in [3.05, 3.63) is 39.3 Å². The SMILES string of the molecule is Cc1c(NC(=O)CN2C(=O)[C@@H]3[C@H]4C=C[C@H]([C@H]5C[C@H]45)[C@@H]3C2=O)ccc(Br)c1Cl. The van der Waals surface area contributed by atoms with Gasteiger partial charge in [0.2, 0.25) is 17.7 Å². The van der Waals surface area contributed by atoms with E-state index >= 15 is 0 Å². The Morgan fingerprint density at radius 2 is 1.78 bits per heavy atom. The summed E-state index contributed by atoms with van der Waals surface area (Å²) in [7, 11) is 0. The van der Waals surface area contributed by atoms with Crippen LogP contribution in [0.2, 0.25) is 5.02 Å². The Morgan fingerprint density at radius 3 is 2.37 bits per heavy atom. The third-order valence-electron chi connectivity index (χ3n) is 6.67. The maximum Gasteiger partial charge on any atom is 0.244 e. The molecule has 3 amide bonds. The van der Waals surface area contributed by atoms with Gasteiger partial charge in [0, 0.05) is 10.2 Å². The highest BCUT2D eigenvalue weighted by Crippen LogP contribution is 2.65. The largest absolute Gasteiger partial charge is 0.324 e. The number of nitrogens with zero attached hydrogens (tertiary/aromatic N) is 1. The Bertz CT molecular complexity index is 894. The van der Waals surface area contributed by atoms with Gasteiger partial charge in [-0.15, -0.1) is 0 Å². The van der Waals surface area contributed by atoms with Gasteiger partial charge >= 0.3 is 0 Å². The van der Waals surface area contributed by atoms with Gasteiger partial charge in [-0.1, -0.05) is 23.8 Å². The molecule has 0 aromatic heterocycles. The highest BCUT2D eigenvalue weighted by molar-refractivity contribution is 9.10. The lowest BCUT2D eigenvalue weighted by Crippen LogP contribution is -2.40. The van der Waals surface area contributed by atoms with Crippen molar-refractivity contribution in [3.8, 4) is 0 Å². The summed E-state index contributed by atoms with van der Waals surface area (Å²) >= 11 is 9.54. The molecular formula is C20H18BrClN2O3. The van der Waals surface area contributed by atoms with Crippen LogP contribution in [0.3, 0.4) is 0 Å². The lowest BCUT2D eigenvalue weighted by atomic mass is 9.63. The van der Waals surface area contributed by atoms with Gasteiger partial charge < -0.3 is 5.32 Å². The fraction of sp³-hybridized carbons (Fsp3) is 0.450. The number of rotatable bonds is 3. The molecule has 1 aromatic carbocycles. The Morgan fingerprint density at radius 1 is 1.19 bits per heavy atom. The molecule has 3 fully saturated rings. The van der Waals surface area contributed by atoms with Gasteiger partial charge in [0.15, 0.2) is 0 Å². The summed E-state index contributed by atoms with van der Waals surface area (Å²) < 4.78 is 0.746. The van der Waals surface area contributed by atoms with Crippen molar-refractivity contribution in [2.24, 2.45) is 35.5 Å². The minimum absolute atomic E-state index is 0.169. The first-order valence-electron chi connectivity index (χ1n) is 9.16. The average Bonchev–Trinajstić information content (AvgIpc) is 3.43. The molecule has 2 saturated carbocycles. The van der Waals surface area contributed by atoms with Crippen LogP contribution >= 0.6 is 27.5 Å². The second-order valence-corrected chi connectivity index (χ2v) is 9.23. The van der Waals surface area contributed by atoms with Gasteiger partial charge in [0.1, 0.15) is 6.54 Å². The highest BCUT2D eigenvalue weighted by atomic mass is 79.9. The summed E-state index contributed by atoms with van der Waals surface area (Å²) in [6, 6.07) is 3.50. The summed E-state index contributed by atoms with van der Waals surface area (Å²) in [5, 5.41) is 3.30. The topological polar surface area (TPSA) is 66.5 Å². The van der Waals surface area contributed by atoms with Crippen LogP contribution in [0.5, 0.6) is 0 Å². The zero-order valence-corrected chi connectivity index (χ0v) is 17.0. The molecule has 7 heteroatoms. The molecule has 1 N–H and O–H groups in total. The number of anilines is 1. The molecule has 5 aliphatic rings. The number of hydrogen-bond donors (Lipinski definition) is 1. The number of hydrogen-bond acceptors (Lipinski definition) is 3. The van der Waals surface area contributed by atoms with Crippen LogP contribution in [0.25, 0.3) is 0 Å². The normalized spacial score (nSPS) is 35.3. The van der Waals surface area contributed by atoms with Crippen LogP contribution in [0.15, 0.2) is 28.8 Å². The van der Waals surface area contributed by atoms with Crippen LogP contribution in [-0.4, -0.2) is 29.2 Å². The van der Waals surface area contributed by atoms with Gasteiger partial charge in [-0.05, 0) is 70.6 Å². The van der Waals surface area contributed by atoms with Crippen LogP contribution < -0.4 is 5.32 Å². The molecule has 2 bridgehead atoms. The van der Waals surface area contributed by atoms with E-state index in [-0.39, 0.29) is 47.9 Å². The lowest BCUT2D eigenvalue weighted by Gasteiger charge is -2.37. The second-order valence-electron chi connectivity index (χ2n) is 8.00. The van der Waals surface area contributed by atoms with Gasteiger partial charge in [-0.2, -0.15) is 0 Å². The van der Waals surface area contributed by atoms with Crippen LogP contribution in [0, 0.1) is 42.4 Å². The zero-order valence-electron chi connectivity index (χ0n) is 14.6. The Kier molecular flexibility index (Phi) is 3.82. The molecule has 1 aromatic rings. The van der Waals surface area contributed by atoms with Gasteiger partial charge in [-0.25, -0.2) is 0 Å². The molecular weight excluding hydrogens is 432 g/mol. The molecule has 0 radical (unpaired) electrons. The predicted molar refractivity (Wildman–Crippen MR) is 104 cm³/mol. The van der Waals surface area contributed by atoms with E-state index in [2.05, 4.69) is 33.4 Å². The maximum absolute atomic E-state index is 12.9. The first-order chi connectivity index (χ1) is 12.9. The van der Waals surface area contributed by atoms with Crippen molar-refractivity contribution in [1.82, 2.24) is 4.90 Å². The van der Waals surface area contributed by atoms with E-state index in [0.717, 1.165) is 21.4 Å². The molecule has 140 valence electrons. The quantitative estimate of drug-likeness (QED) is 0.568. The van der Waals surface area contributed by atoms with E-state index in [1.165, 1.54) is 0 Å². The van der Waals surface area contributed by atoms with E-state index in [9.17, 15) is 14.4 Å². The number of amides is 3. The van der Waals surface area contributed by atoms with E-state index in [1.807, 2.05) is 0 Å². The lowest BCUT2D eigenvalue weighted by molar-refractivity contribution is -0.142. The van der Waals surface area contributed by atoms with Gasteiger partial charge in [0.05, 0.1) is 16.9 Å². The van der Waals surface area contributed by atoms with Crippen LogP contribution in [0.1, 0.15) is 12.0 Å². The number of nitrogens with one attached hydrogen (secondary N) is 1. The smallest absolute Gasteiger partial charge is 0.244 e. The van der Waals surface area contributed by atoms with Crippen molar-refractivity contribution < 1.29 is 14.4 Å². The van der Waals surface area contributed by atoms with Crippen molar-refractivity contribution in [3.63, 3.8) is 0 Å². The number of allylic oxidation sites excluding steroid dienone is 2. The summed E-state index contributed by atoms with van der Waals surface area (Å²) in [4.78, 5) is 39.5. The summed E-state index contributed by atoms with van der Waals surface area (Å²) in [5.74, 6) is 0.150. The average molecular weight is 450 g/mol. The summed E-state index contributed by atoms with van der Waals surface area (Å²) in [6.45, 7) is 1.56. The Hall–Kier alpha value is -1.66. The molecule has 1 saturated heterocycles. The molecule has 27 heavy (non-hydrogen) atoms. The minimum atomic E-state index is -0.387. The number of likely N-dealkylation sites (tertiary alicyclic amines) is 1. The summed E-state index contributed by atoms with van der Waals surface area (Å²) in [5.41, 5.74) is 1.31. The first-order valence-corrected chi connectivity index (χ1v) is 10.3. The van der Waals surface area contributed by atoms with E-state index < -0.39 is 0 Å². The Labute approximate surface area is 170 Å². The van der Waals surface area contributed by atoms with Crippen molar-refractivity contribution in [2.45, 2.75) is 13.3 Å². The summed E-state index contributed by atoms with van der Waals surface area (Å²) in [6.07, 6.45) is 5.38. The molecule has 1 aliphatic heterocycles. The zero-order chi connectivity index (χ0) is 19.0. The fourth-order valence-corrected chi connectivity index (χ4v) is 5.89. The van der Waals surface area contributed by atoms with E-state index in [0.29, 0.717) is 22.5 Å². The fourth-order valence-electron chi connectivity index (χ4n) is 5.30. The molecule has 4 aliphatic carbocycles. The van der Waals surface area contributed by atoms with Crippen molar-refractivity contribution in [2.75, 3.05) is 11.9 Å². The molecule has 6 atom stereocenters. The standard InChI is InChI=1S/C20H18BrClN2O3/c1-8-14(5-4-13(21)18(8)22)23-15(25)7-24-19(26)16-9-2-3-10(12-6-11(9)12)17(16)20(24)27/h2-5,9-12,16-17H,6-7H2,1H3,(H,23,25)/t9-,10+,11-,12-,16+,17-/m1/s1. The highest BCUT2D eigenvalue weighted by Gasteiger charge is 2.67. The van der Waals surface area contributed by atoms with Gasteiger partial charge in [0.25, 0.3) is 0 Å². The monoisotopic (exact) mass is 448 g/mol.